The van der Waals surface area contributed by atoms with Crippen molar-refractivity contribution in [1.82, 2.24) is 14.1 Å². The first-order valence-electron chi connectivity index (χ1n) is 9.70. The van der Waals surface area contributed by atoms with E-state index in [0.29, 0.717) is 0 Å². The molecule has 30 heavy (non-hydrogen) atoms. The van der Waals surface area contributed by atoms with Gasteiger partial charge < -0.3 is 0 Å². The Morgan fingerprint density at radius 2 is 1.40 bits per heavy atom. The molecule has 1 heterocycles. The average molecular weight is 418 g/mol. The second-order valence-electron chi connectivity index (χ2n) is 7.15. The third-order valence-electron chi connectivity index (χ3n) is 4.92. The van der Waals surface area contributed by atoms with Gasteiger partial charge in [0.25, 0.3) is 0 Å². The van der Waals surface area contributed by atoms with Crippen LogP contribution in [0.1, 0.15) is 11.1 Å². The lowest BCUT2D eigenvalue weighted by molar-refractivity contribution is 0.466. The van der Waals surface area contributed by atoms with E-state index in [1.54, 1.807) is 11.7 Å². The van der Waals surface area contributed by atoms with Crippen molar-refractivity contribution in [3.8, 4) is 16.9 Å². The summed E-state index contributed by atoms with van der Waals surface area (Å²) in [6.45, 7) is 0.242. The Balaban J connectivity index is 1.66. The molecule has 0 unspecified atom stereocenters. The van der Waals surface area contributed by atoms with Gasteiger partial charge in [-0.25, -0.2) is 17.4 Å². The van der Waals surface area contributed by atoms with Crippen molar-refractivity contribution < 1.29 is 8.42 Å². The van der Waals surface area contributed by atoms with Gasteiger partial charge in [0.05, 0.1) is 17.1 Å². The van der Waals surface area contributed by atoms with Gasteiger partial charge in [0.1, 0.15) is 0 Å². The van der Waals surface area contributed by atoms with Crippen molar-refractivity contribution in [3.63, 3.8) is 0 Å². The molecule has 0 N–H and O–H groups in total. The summed E-state index contributed by atoms with van der Waals surface area (Å²) in [5.41, 5.74) is 4.28. The smallest absolute Gasteiger partial charge is 0.218 e. The SMILES string of the molecule is CN(Cc1cn(-c2ccccc2)nc1-c1ccccc1)S(=O)(=O)Cc1ccccc1. The molecule has 0 saturated heterocycles. The summed E-state index contributed by atoms with van der Waals surface area (Å²) in [5, 5.41) is 4.76. The normalized spacial score (nSPS) is 11.7. The molecule has 0 radical (unpaired) electrons. The maximum absolute atomic E-state index is 12.9. The fraction of sp³-hybridized carbons (Fsp3) is 0.125. The van der Waals surface area contributed by atoms with Gasteiger partial charge in [0.15, 0.2) is 0 Å². The largest absolute Gasteiger partial charge is 0.240 e. The van der Waals surface area contributed by atoms with Gasteiger partial charge in [-0.05, 0) is 17.7 Å². The number of aromatic nitrogens is 2. The summed E-state index contributed by atoms with van der Waals surface area (Å²) in [5.74, 6) is -0.0299. The molecule has 5 nitrogen and oxygen atoms in total. The molecule has 0 fully saturated rings. The lowest BCUT2D eigenvalue weighted by Gasteiger charge is -2.17. The van der Waals surface area contributed by atoms with E-state index >= 15 is 0 Å². The van der Waals surface area contributed by atoms with Crippen molar-refractivity contribution in [3.05, 3.63) is 108 Å². The minimum absolute atomic E-state index is 0.0299. The maximum atomic E-state index is 12.9. The molecule has 0 aliphatic rings. The summed E-state index contributed by atoms with van der Waals surface area (Å²) < 4.78 is 29.1. The van der Waals surface area contributed by atoms with Crippen LogP contribution < -0.4 is 0 Å². The number of para-hydroxylation sites is 1. The van der Waals surface area contributed by atoms with Crippen LogP contribution in [-0.2, 0) is 22.3 Å². The third kappa shape index (κ3) is 4.50. The summed E-state index contributed by atoms with van der Waals surface area (Å²) in [6, 6.07) is 28.9. The average Bonchev–Trinajstić information content (AvgIpc) is 3.19. The van der Waals surface area contributed by atoms with Gasteiger partial charge in [0.2, 0.25) is 10.0 Å². The standard InChI is InChI=1S/C24H23N3O2S/c1-26(30(28,29)19-20-11-5-2-6-12-20)17-22-18-27(23-15-9-4-10-16-23)25-24(22)21-13-7-3-8-14-21/h2-16,18H,17,19H2,1H3. The zero-order valence-corrected chi connectivity index (χ0v) is 17.5. The first-order chi connectivity index (χ1) is 14.5. The van der Waals surface area contributed by atoms with Crippen molar-refractivity contribution in [2.24, 2.45) is 0 Å². The van der Waals surface area contributed by atoms with E-state index < -0.39 is 10.0 Å². The monoisotopic (exact) mass is 417 g/mol. The molecule has 4 aromatic rings. The zero-order chi connectivity index (χ0) is 21.0. The molecule has 0 aliphatic heterocycles. The van der Waals surface area contributed by atoms with Crippen LogP contribution in [0.3, 0.4) is 0 Å². The number of hydrogen-bond donors (Lipinski definition) is 0. The third-order valence-corrected chi connectivity index (χ3v) is 6.69. The summed E-state index contributed by atoms with van der Waals surface area (Å²) in [6.07, 6.45) is 1.91. The Hall–Kier alpha value is -3.22. The zero-order valence-electron chi connectivity index (χ0n) is 16.7. The second-order valence-corrected chi connectivity index (χ2v) is 9.22. The maximum Gasteiger partial charge on any atom is 0.218 e. The van der Waals surface area contributed by atoms with Crippen LogP contribution in [0.4, 0.5) is 0 Å². The van der Waals surface area contributed by atoms with Gasteiger partial charge in [-0.15, -0.1) is 0 Å². The van der Waals surface area contributed by atoms with Crippen molar-refractivity contribution in [1.29, 1.82) is 0 Å². The highest BCUT2D eigenvalue weighted by Crippen LogP contribution is 2.25. The van der Waals surface area contributed by atoms with E-state index in [4.69, 9.17) is 5.10 Å². The van der Waals surface area contributed by atoms with Crippen LogP contribution in [0, 0.1) is 0 Å². The summed E-state index contributed by atoms with van der Waals surface area (Å²) in [7, 11) is -1.85. The van der Waals surface area contributed by atoms with Crippen molar-refractivity contribution in [2.45, 2.75) is 12.3 Å². The molecular formula is C24H23N3O2S. The number of nitrogens with zero attached hydrogens (tertiary/aromatic N) is 3. The molecule has 0 bridgehead atoms. The molecule has 0 saturated carbocycles. The lowest BCUT2D eigenvalue weighted by atomic mass is 10.1. The van der Waals surface area contributed by atoms with Crippen LogP contribution in [0.25, 0.3) is 16.9 Å². The molecule has 4 rings (SSSR count). The molecule has 0 atom stereocenters. The van der Waals surface area contributed by atoms with E-state index in [1.165, 1.54) is 4.31 Å². The minimum Gasteiger partial charge on any atom is -0.240 e. The molecular weight excluding hydrogens is 394 g/mol. The Bertz CT molecular complexity index is 1210. The summed E-state index contributed by atoms with van der Waals surface area (Å²) >= 11 is 0. The quantitative estimate of drug-likeness (QED) is 0.445. The highest BCUT2D eigenvalue weighted by Gasteiger charge is 2.22. The van der Waals surface area contributed by atoms with Gasteiger partial charge >= 0.3 is 0 Å². The molecule has 1 aromatic heterocycles. The summed E-state index contributed by atoms with van der Waals surface area (Å²) in [4.78, 5) is 0. The molecule has 0 aliphatic carbocycles. The van der Waals surface area contributed by atoms with E-state index in [9.17, 15) is 8.42 Å². The van der Waals surface area contributed by atoms with Gasteiger partial charge in [-0.1, -0.05) is 78.9 Å². The van der Waals surface area contributed by atoms with E-state index in [0.717, 1.165) is 28.1 Å². The Morgan fingerprint density at radius 3 is 2.03 bits per heavy atom. The molecule has 152 valence electrons. The first kappa shape index (κ1) is 20.1. The highest BCUT2D eigenvalue weighted by molar-refractivity contribution is 7.88. The second kappa shape index (κ2) is 8.65. The predicted molar refractivity (Wildman–Crippen MR) is 120 cm³/mol. The van der Waals surface area contributed by atoms with E-state index in [2.05, 4.69) is 0 Å². The topological polar surface area (TPSA) is 55.2 Å². The Morgan fingerprint density at radius 1 is 0.833 bits per heavy atom. The number of rotatable bonds is 7. The van der Waals surface area contributed by atoms with Crippen LogP contribution in [0.15, 0.2) is 97.2 Å². The lowest BCUT2D eigenvalue weighted by Crippen LogP contribution is -2.27. The fourth-order valence-electron chi connectivity index (χ4n) is 3.31. The van der Waals surface area contributed by atoms with Gasteiger partial charge in [-0.3, -0.25) is 0 Å². The van der Waals surface area contributed by atoms with Crippen LogP contribution >= 0.6 is 0 Å². The van der Waals surface area contributed by atoms with E-state index in [-0.39, 0.29) is 12.3 Å². The van der Waals surface area contributed by atoms with Crippen LogP contribution in [0.2, 0.25) is 0 Å². The minimum atomic E-state index is -3.47. The Kier molecular flexibility index (Phi) is 5.79. The van der Waals surface area contributed by atoms with Crippen molar-refractivity contribution in [2.75, 3.05) is 7.05 Å². The van der Waals surface area contributed by atoms with Gasteiger partial charge in [0, 0.05) is 30.9 Å². The fourth-order valence-corrected chi connectivity index (χ4v) is 4.48. The molecule has 0 spiro atoms. The van der Waals surface area contributed by atoms with E-state index in [1.807, 2.05) is 97.2 Å². The highest BCUT2D eigenvalue weighted by atomic mass is 32.2. The van der Waals surface area contributed by atoms with Crippen molar-refractivity contribution >= 4 is 10.0 Å². The molecule has 0 amide bonds. The predicted octanol–water partition coefficient (Wildman–Crippen LogP) is 4.50. The van der Waals surface area contributed by atoms with Gasteiger partial charge in [-0.2, -0.15) is 5.10 Å². The number of sulfonamides is 1. The Labute approximate surface area is 177 Å². The first-order valence-corrected chi connectivity index (χ1v) is 11.3. The number of hydrogen-bond acceptors (Lipinski definition) is 3. The number of benzene rings is 3. The molecule has 3 aromatic carbocycles. The van der Waals surface area contributed by atoms with Crippen LogP contribution in [0.5, 0.6) is 0 Å². The van der Waals surface area contributed by atoms with Crippen LogP contribution in [-0.4, -0.2) is 29.6 Å². The molecule has 6 heteroatoms.